The van der Waals surface area contributed by atoms with Crippen LogP contribution in [0.25, 0.3) is 10.4 Å². The molecule has 0 saturated carbocycles. The highest BCUT2D eigenvalue weighted by Crippen LogP contribution is 2.42. The van der Waals surface area contributed by atoms with Crippen LogP contribution in [0.4, 0.5) is 17.6 Å². The molecule has 0 radical (unpaired) electrons. The quantitative estimate of drug-likeness (QED) is 0.640. The SMILES string of the molecule is CN1C(=O)[C@@](c2ccc(F)c(-c3cncs3)c2)(c2cc(C(F)(F)F)ccn2)N=C1N. The fourth-order valence-corrected chi connectivity index (χ4v) is 3.88. The van der Waals surface area contributed by atoms with Gasteiger partial charge in [0.15, 0.2) is 5.96 Å². The van der Waals surface area contributed by atoms with E-state index in [9.17, 15) is 22.4 Å². The number of alkyl halides is 3. The smallest absolute Gasteiger partial charge is 0.369 e. The van der Waals surface area contributed by atoms with Crippen LogP contribution in [0.3, 0.4) is 0 Å². The van der Waals surface area contributed by atoms with Crippen LogP contribution in [-0.2, 0) is 16.5 Å². The summed E-state index contributed by atoms with van der Waals surface area (Å²) in [4.78, 5) is 26.8. The van der Waals surface area contributed by atoms with Gasteiger partial charge in [-0.1, -0.05) is 6.07 Å². The largest absolute Gasteiger partial charge is 0.416 e. The number of hydrogen-bond donors (Lipinski definition) is 1. The lowest BCUT2D eigenvalue weighted by atomic mass is 9.84. The second-order valence-corrected chi connectivity index (χ2v) is 7.42. The molecule has 1 atom stereocenters. The molecule has 1 aromatic carbocycles. The molecule has 0 bridgehead atoms. The molecule has 1 amide bonds. The average molecular weight is 435 g/mol. The zero-order valence-electron chi connectivity index (χ0n) is 15.3. The molecule has 2 aromatic heterocycles. The zero-order chi connectivity index (χ0) is 21.7. The Morgan fingerprint density at radius 3 is 2.57 bits per heavy atom. The standard InChI is InChI=1S/C19H13F4N5OS/c1-28-16(29)18(27-17(28)24,15-7-11(4-5-26-15)19(21,22)23)10-2-3-13(20)12(6-10)14-8-25-9-30-14/h2-9H,1H3,(H2,24,27)/t18-/m1/s1. The fourth-order valence-electron chi connectivity index (χ4n) is 3.24. The molecule has 6 nitrogen and oxygen atoms in total. The summed E-state index contributed by atoms with van der Waals surface area (Å²) in [5, 5.41) is 0. The van der Waals surface area contributed by atoms with E-state index in [4.69, 9.17) is 5.73 Å². The molecular formula is C19H13F4N5OS. The van der Waals surface area contributed by atoms with E-state index in [-0.39, 0.29) is 22.8 Å². The lowest BCUT2D eigenvalue weighted by molar-refractivity contribution is -0.138. The van der Waals surface area contributed by atoms with E-state index in [0.29, 0.717) is 4.88 Å². The van der Waals surface area contributed by atoms with Gasteiger partial charge in [0.05, 0.1) is 21.6 Å². The fraction of sp³-hybridized carbons (Fsp3) is 0.158. The Morgan fingerprint density at radius 2 is 1.97 bits per heavy atom. The van der Waals surface area contributed by atoms with Crippen molar-refractivity contribution in [2.45, 2.75) is 11.7 Å². The number of halogens is 4. The number of hydrogen-bond acceptors (Lipinski definition) is 6. The van der Waals surface area contributed by atoms with Gasteiger partial charge in [0.2, 0.25) is 5.54 Å². The molecule has 0 unspecified atom stereocenters. The van der Waals surface area contributed by atoms with E-state index >= 15 is 0 Å². The zero-order valence-corrected chi connectivity index (χ0v) is 16.1. The second kappa shape index (κ2) is 6.87. The Morgan fingerprint density at radius 1 is 1.20 bits per heavy atom. The number of rotatable bonds is 3. The average Bonchev–Trinajstić information content (AvgIpc) is 3.32. The van der Waals surface area contributed by atoms with Gasteiger partial charge < -0.3 is 5.73 Å². The van der Waals surface area contributed by atoms with Crippen molar-refractivity contribution in [3.8, 4) is 10.4 Å². The maximum atomic E-state index is 14.5. The number of guanidine groups is 1. The van der Waals surface area contributed by atoms with Gasteiger partial charge in [-0.25, -0.2) is 9.38 Å². The van der Waals surface area contributed by atoms with Gasteiger partial charge in [-0.2, -0.15) is 13.2 Å². The van der Waals surface area contributed by atoms with Crippen molar-refractivity contribution in [3.05, 3.63) is 70.9 Å². The molecule has 3 aromatic rings. The van der Waals surface area contributed by atoms with E-state index in [1.807, 2.05) is 0 Å². The van der Waals surface area contributed by atoms with Gasteiger partial charge >= 0.3 is 6.18 Å². The maximum absolute atomic E-state index is 14.5. The normalized spacial score (nSPS) is 19.3. The van der Waals surface area contributed by atoms with Crippen molar-refractivity contribution in [2.24, 2.45) is 10.7 Å². The molecule has 0 aliphatic carbocycles. The van der Waals surface area contributed by atoms with Crippen LogP contribution >= 0.6 is 11.3 Å². The van der Waals surface area contributed by atoms with Crippen molar-refractivity contribution in [1.29, 1.82) is 0 Å². The first-order chi connectivity index (χ1) is 14.1. The highest BCUT2D eigenvalue weighted by molar-refractivity contribution is 7.13. The van der Waals surface area contributed by atoms with Crippen molar-refractivity contribution >= 4 is 23.2 Å². The van der Waals surface area contributed by atoms with Crippen LogP contribution in [0.1, 0.15) is 16.8 Å². The Balaban J connectivity index is 1.99. The minimum atomic E-state index is -4.65. The van der Waals surface area contributed by atoms with E-state index < -0.39 is 29.0 Å². The van der Waals surface area contributed by atoms with Crippen molar-refractivity contribution in [3.63, 3.8) is 0 Å². The molecule has 11 heteroatoms. The summed E-state index contributed by atoms with van der Waals surface area (Å²) in [6.07, 6.45) is -2.26. The monoisotopic (exact) mass is 435 g/mol. The predicted molar refractivity (Wildman–Crippen MR) is 102 cm³/mol. The van der Waals surface area contributed by atoms with Gasteiger partial charge in [0.25, 0.3) is 5.91 Å². The van der Waals surface area contributed by atoms with Crippen molar-refractivity contribution in [2.75, 3.05) is 7.05 Å². The summed E-state index contributed by atoms with van der Waals surface area (Å²) in [5.74, 6) is -1.47. The molecule has 154 valence electrons. The highest BCUT2D eigenvalue weighted by Gasteiger charge is 2.51. The number of aromatic nitrogens is 2. The number of likely N-dealkylation sites (N-methyl/N-ethyl adjacent to an activating group) is 1. The van der Waals surface area contributed by atoms with Crippen LogP contribution in [-0.4, -0.2) is 33.8 Å². The van der Waals surface area contributed by atoms with E-state index in [0.717, 1.165) is 29.3 Å². The summed E-state index contributed by atoms with van der Waals surface area (Å²) in [5.41, 5.74) is 4.37. The van der Waals surface area contributed by atoms with E-state index in [1.54, 1.807) is 0 Å². The summed E-state index contributed by atoms with van der Waals surface area (Å²) in [6.45, 7) is 0. The van der Waals surface area contributed by atoms with Crippen molar-refractivity contribution in [1.82, 2.24) is 14.9 Å². The molecule has 0 fully saturated rings. The highest BCUT2D eigenvalue weighted by atomic mass is 32.1. The number of benzene rings is 1. The van der Waals surface area contributed by atoms with Crippen LogP contribution in [0.15, 0.2) is 53.2 Å². The minimum absolute atomic E-state index is 0.136. The van der Waals surface area contributed by atoms with Crippen molar-refractivity contribution < 1.29 is 22.4 Å². The van der Waals surface area contributed by atoms with Gasteiger partial charge in [-0.15, -0.1) is 11.3 Å². The Bertz CT molecular complexity index is 1160. The summed E-state index contributed by atoms with van der Waals surface area (Å²) < 4.78 is 54.4. The number of carbonyl (C=O) groups is 1. The summed E-state index contributed by atoms with van der Waals surface area (Å²) >= 11 is 1.17. The van der Waals surface area contributed by atoms with Gasteiger partial charge in [0, 0.05) is 25.0 Å². The molecule has 1 aliphatic rings. The minimum Gasteiger partial charge on any atom is -0.369 e. The number of aliphatic imine (C=N–C) groups is 1. The van der Waals surface area contributed by atoms with Crippen LogP contribution < -0.4 is 5.73 Å². The lowest BCUT2D eigenvalue weighted by Crippen LogP contribution is -2.41. The van der Waals surface area contributed by atoms with Crippen LogP contribution in [0.5, 0.6) is 0 Å². The first-order valence-corrected chi connectivity index (χ1v) is 9.38. The Kier molecular flexibility index (Phi) is 4.57. The topological polar surface area (TPSA) is 84.5 Å². The molecule has 0 saturated heterocycles. The third-order valence-corrected chi connectivity index (χ3v) is 5.59. The molecule has 1 aliphatic heterocycles. The number of nitrogens with two attached hydrogens (primary N) is 1. The van der Waals surface area contributed by atoms with Crippen LogP contribution in [0, 0.1) is 5.82 Å². The third kappa shape index (κ3) is 3.02. The molecule has 3 heterocycles. The second-order valence-electron chi connectivity index (χ2n) is 6.53. The lowest BCUT2D eigenvalue weighted by Gasteiger charge is -2.26. The molecular weight excluding hydrogens is 422 g/mol. The molecule has 2 N–H and O–H groups in total. The number of pyridine rings is 1. The first kappa shape index (κ1) is 20.0. The third-order valence-electron chi connectivity index (χ3n) is 4.78. The molecule has 0 spiro atoms. The van der Waals surface area contributed by atoms with E-state index in [1.165, 1.54) is 42.2 Å². The van der Waals surface area contributed by atoms with Gasteiger partial charge in [-0.05, 0) is 29.8 Å². The molecule has 4 rings (SSSR count). The molecule has 30 heavy (non-hydrogen) atoms. The first-order valence-electron chi connectivity index (χ1n) is 8.50. The predicted octanol–water partition coefficient (Wildman–Crippen LogP) is 3.39. The number of nitrogens with zero attached hydrogens (tertiary/aromatic N) is 4. The summed E-state index contributed by atoms with van der Waals surface area (Å²) in [6, 6.07) is 5.32. The Labute approximate surface area is 171 Å². The van der Waals surface area contributed by atoms with Crippen LogP contribution in [0.2, 0.25) is 0 Å². The van der Waals surface area contributed by atoms with Gasteiger partial charge in [-0.3, -0.25) is 19.7 Å². The number of carbonyl (C=O) groups excluding carboxylic acids is 1. The van der Waals surface area contributed by atoms with Gasteiger partial charge in [0.1, 0.15) is 5.82 Å². The maximum Gasteiger partial charge on any atom is 0.416 e. The number of thiazole rings is 1. The van der Waals surface area contributed by atoms with E-state index in [2.05, 4.69) is 15.0 Å². The number of amides is 1. The summed E-state index contributed by atoms with van der Waals surface area (Å²) in [7, 11) is 1.35. The Hall–Kier alpha value is -3.34.